The molecule has 3 rings (SSSR count). The number of rotatable bonds is 5. The molecule has 1 unspecified atom stereocenters. The minimum Gasteiger partial charge on any atom is -0.364 e. The number of carbonyl (C=O) groups is 1. The van der Waals surface area contributed by atoms with Crippen molar-refractivity contribution in [3.8, 4) is 0 Å². The first-order valence-corrected chi connectivity index (χ1v) is 10.0. The average Bonchev–Trinajstić information content (AvgIpc) is 3.01. The van der Waals surface area contributed by atoms with Gasteiger partial charge in [-0.1, -0.05) is 60.2 Å². The number of amides is 1. The molecule has 1 aromatic heterocycles. The first-order valence-electron chi connectivity index (χ1n) is 8.32. The summed E-state index contributed by atoms with van der Waals surface area (Å²) in [5, 5.41) is 4.78. The second kappa shape index (κ2) is 7.90. The molecule has 0 radical (unpaired) electrons. The molecule has 0 fully saturated rings. The van der Waals surface area contributed by atoms with Gasteiger partial charge in [-0.25, -0.2) is 0 Å². The number of hydrogen-bond acceptors (Lipinski definition) is 1. The molecule has 3 N–H and O–H groups in total. The number of fused-ring (bicyclic) bond motifs is 1. The zero-order valence-corrected chi connectivity index (χ0v) is 16.3. The molecule has 0 spiro atoms. The van der Waals surface area contributed by atoms with Crippen molar-refractivity contribution in [2.24, 2.45) is 5.73 Å². The van der Waals surface area contributed by atoms with Gasteiger partial charge in [0.2, 0.25) is 0 Å². The summed E-state index contributed by atoms with van der Waals surface area (Å²) in [5.74, 6) is -0.466. The molecule has 1 atom stereocenters. The van der Waals surface area contributed by atoms with Gasteiger partial charge in [-0.15, -0.1) is 0 Å². The second-order valence-electron chi connectivity index (χ2n) is 5.79. The third-order valence-electron chi connectivity index (χ3n) is 4.11. The van der Waals surface area contributed by atoms with Crippen LogP contribution in [0.4, 0.5) is 0 Å². The van der Waals surface area contributed by atoms with Crippen LogP contribution in [0, 0.1) is 0 Å². The van der Waals surface area contributed by atoms with Crippen molar-refractivity contribution in [1.82, 2.24) is 4.98 Å². The fraction of sp³-hybridized carbons (Fsp3) is 0.0952. The maximum Gasteiger partial charge on any atom is 0.265 e. The van der Waals surface area contributed by atoms with Crippen LogP contribution in [-0.4, -0.2) is 10.9 Å². The summed E-state index contributed by atoms with van der Waals surface area (Å²) in [5.41, 5.74) is 7.02. The van der Waals surface area contributed by atoms with Gasteiger partial charge in [0.1, 0.15) is 5.69 Å². The molecule has 1 amide bonds. The first-order chi connectivity index (χ1) is 12.6. The number of aromatic nitrogens is 1. The highest BCUT2D eigenvalue weighted by molar-refractivity contribution is 7.77. The Bertz CT molecular complexity index is 1010. The molecular formula is C21H20ClN2OP. The fourth-order valence-electron chi connectivity index (χ4n) is 3.02. The van der Waals surface area contributed by atoms with Crippen molar-refractivity contribution in [3.05, 3.63) is 82.8 Å². The van der Waals surface area contributed by atoms with Crippen LogP contribution in [0.2, 0.25) is 5.02 Å². The standard InChI is InChI=1S/C21H20ClN2OP/c1-3-8-15(4-2)26(16-9-6-5-7-10-16)20-17-13-14(22)11-12-18(17)24-19(20)21(23)25/h3-13,24H,1-2H3,(H2,23,25)/b8-3-,15-4+. The van der Waals surface area contributed by atoms with Gasteiger partial charge < -0.3 is 10.7 Å². The van der Waals surface area contributed by atoms with Crippen molar-refractivity contribution >= 4 is 46.9 Å². The average molecular weight is 383 g/mol. The van der Waals surface area contributed by atoms with E-state index in [0.717, 1.165) is 26.8 Å². The lowest BCUT2D eigenvalue weighted by Crippen LogP contribution is -2.23. The number of nitrogens with one attached hydrogen (secondary N) is 1. The highest BCUT2D eigenvalue weighted by Crippen LogP contribution is 2.46. The van der Waals surface area contributed by atoms with Gasteiger partial charge in [-0.2, -0.15) is 0 Å². The number of aromatic amines is 1. The van der Waals surface area contributed by atoms with E-state index in [2.05, 4.69) is 29.3 Å². The number of primary amides is 1. The third kappa shape index (κ3) is 3.46. The molecule has 3 aromatic rings. The minimum atomic E-state index is -0.965. The Morgan fingerprint density at radius 2 is 1.88 bits per heavy atom. The van der Waals surface area contributed by atoms with E-state index < -0.39 is 13.8 Å². The molecule has 1 heterocycles. The Hall–Kier alpha value is -2.35. The van der Waals surface area contributed by atoms with Gasteiger partial charge in [0.05, 0.1) is 0 Å². The topological polar surface area (TPSA) is 58.9 Å². The van der Waals surface area contributed by atoms with Crippen molar-refractivity contribution in [3.63, 3.8) is 0 Å². The number of H-pyrrole nitrogens is 1. The van der Waals surface area contributed by atoms with Crippen LogP contribution in [0.1, 0.15) is 24.3 Å². The van der Waals surface area contributed by atoms with Crippen molar-refractivity contribution in [1.29, 1.82) is 0 Å². The Morgan fingerprint density at radius 3 is 2.50 bits per heavy atom. The predicted molar refractivity (Wildman–Crippen MR) is 113 cm³/mol. The van der Waals surface area contributed by atoms with E-state index in [1.165, 1.54) is 0 Å². The molecule has 26 heavy (non-hydrogen) atoms. The highest BCUT2D eigenvalue weighted by Gasteiger charge is 2.26. The lowest BCUT2D eigenvalue weighted by atomic mass is 10.2. The maximum absolute atomic E-state index is 12.2. The van der Waals surface area contributed by atoms with Crippen LogP contribution in [0.15, 0.2) is 72.1 Å². The predicted octanol–water partition coefficient (Wildman–Crippen LogP) is 4.83. The van der Waals surface area contributed by atoms with Gasteiger partial charge in [-0.3, -0.25) is 4.79 Å². The summed E-state index contributed by atoms with van der Waals surface area (Å²) in [7, 11) is -0.965. The number of halogens is 1. The van der Waals surface area contributed by atoms with Gasteiger partial charge in [0.15, 0.2) is 0 Å². The van der Waals surface area contributed by atoms with Gasteiger partial charge in [-0.05, 0) is 50.6 Å². The molecule has 3 nitrogen and oxygen atoms in total. The maximum atomic E-state index is 12.2. The molecular weight excluding hydrogens is 363 g/mol. The van der Waals surface area contributed by atoms with E-state index in [1.54, 1.807) is 0 Å². The second-order valence-corrected chi connectivity index (χ2v) is 8.37. The van der Waals surface area contributed by atoms with Crippen molar-refractivity contribution < 1.29 is 4.79 Å². The molecule has 2 aromatic carbocycles. The summed E-state index contributed by atoms with van der Waals surface area (Å²) in [6.07, 6.45) is 6.19. The first kappa shape index (κ1) is 18.4. The minimum absolute atomic E-state index is 0.445. The zero-order valence-electron chi connectivity index (χ0n) is 14.7. The Labute approximate surface area is 159 Å². The Kier molecular flexibility index (Phi) is 5.61. The number of nitrogens with two attached hydrogens (primary N) is 1. The molecule has 132 valence electrons. The molecule has 0 saturated carbocycles. The molecule has 0 aliphatic heterocycles. The van der Waals surface area contributed by atoms with Gasteiger partial charge in [0, 0.05) is 21.2 Å². The van der Waals surface area contributed by atoms with Gasteiger partial charge >= 0.3 is 0 Å². The van der Waals surface area contributed by atoms with E-state index in [1.807, 2.05) is 56.3 Å². The largest absolute Gasteiger partial charge is 0.364 e. The summed E-state index contributed by atoms with van der Waals surface area (Å²) >= 11 is 6.25. The van der Waals surface area contributed by atoms with Crippen LogP contribution < -0.4 is 16.3 Å². The molecule has 0 bridgehead atoms. The molecule has 0 aliphatic rings. The van der Waals surface area contributed by atoms with E-state index in [0.29, 0.717) is 10.7 Å². The fourth-order valence-corrected chi connectivity index (χ4v) is 5.84. The van der Waals surface area contributed by atoms with Crippen LogP contribution in [0.25, 0.3) is 10.9 Å². The Balaban J connectivity index is 2.39. The monoisotopic (exact) mass is 382 g/mol. The number of carbonyl (C=O) groups excluding carboxylic acids is 1. The number of allylic oxidation sites excluding steroid dienone is 4. The SMILES string of the molecule is C/C=C\C(=C/C)P(c1ccccc1)c1c(C(N)=O)[nH]c2ccc(Cl)cc12. The van der Waals surface area contributed by atoms with Gasteiger partial charge in [0.25, 0.3) is 5.91 Å². The lowest BCUT2D eigenvalue weighted by molar-refractivity contribution is 0.0997. The highest BCUT2D eigenvalue weighted by atomic mass is 35.5. The van der Waals surface area contributed by atoms with E-state index in [9.17, 15) is 4.79 Å². The zero-order chi connectivity index (χ0) is 18.7. The summed E-state index contributed by atoms with van der Waals surface area (Å²) < 4.78 is 0. The Morgan fingerprint density at radius 1 is 1.15 bits per heavy atom. The van der Waals surface area contributed by atoms with Crippen molar-refractivity contribution in [2.75, 3.05) is 0 Å². The third-order valence-corrected chi connectivity index (χ3v) is 6.99. The number of hydrogen-bond donors (Lipinski definition) is 2. The normalized spacial score (nSPS) is 13.4. The molecule has 5 heteroatoms. The van der Waals surface area contributed by atoms with E-state index in [-0.39, 0.29) is 0 Å². The van der Waals surface area contributed by atoms with Crippen LogP contribution in [-0.2, 0) is 0 Å². The van der Waals surface area contributed by atoms with E-state index in [4.69, 9.17) is 17.3 Å². The summed E-state index contributed by atoms with van der Waals surface area (Å²) in [6, 6.07) is 15.8. The molecule has 0 aliphatic carbocycles. The summed E-state index contributed by atoms with van der Waals surface area (Å²) in [6.45, 7) is 4.00. The summed E-state index contributed by atoms with van der Waals surface area (Å²) in [4.78, 5) is 15.4. The van der Waals surface area contributed by atoms with E-state index >= 15 is 0 Å². The van der Waals surface area contributed by atoms with Crippen LogP contribution >= 0.6 is 19.5 Å². The van der Waals surface area contributed by atoms with Crippen LogP contribution in [0.5, 0.6) is 0 Å². The smallest absolute Gasteiger partial charge is 0.265 e. The molecule has 0 saturated heterocycles. The number of benzene rings is 2. The van der Waals surface area contributed by atoms with Crippen molar-refractivity contribution in [2.45, 2.75) is 13.8 Å². The van der Waals surface area contributed by atoms with Crippen LogP contribution in [0.3, 0.4) is 0 Å². The quantitative estimate of drug-likeness (QED) is 0.481. The lowest BCUT2D eigenvalue weighted by Gasteiger charge is -2.20.